The van der Waals surface area contributed by atoms with E-state index in [1.807, 2.05) is 7.05 Å². The molecule has 0 radical (unpaired) electrons. The molecule has 0 bridgehead atoms. The van der Waals surface area contributed by atoms with Crippen molar-refractivity contribution in [1.82, 2.24) is 15.5 Å². The lowest BCUT2D eigenvalue weighted by Crippen LogP contribution is -2.42. The number of aliphatic imine (C=N–C) groups is 1. The van der Waals surface area contributed by atoms with E-state index in [1.54, 1.807) is 0 Å². The molecule has 1 fully saturated rings. The second-order valence-electron chi connectivity index (χ2n) is 6.53. The molecule has 5 heteroatoms. The number of hydrogen-bond donors (Lipinski definition) is 2. The standard InChI is InChI=1S/C16H34N4.HI/c1-14(2)8-9-18-16(17-4)19-12-15(3)13-20-10-6-5-7-11-20;/h14-15H,5-13H2,1-4H3,(H2,17,18,19);1H. The zero-order chi connectivity index (χ0) is 14.8. The Morgan fingerprint density at radius 3 is 2.33 bits per heavy atom. The van der Waals surface area contributed by atoms with Crippen LogP contribution in [0.1, 0.15) is 46.5 Å². The maximum absolute atomic E-state index is 4.28. The molecule has 0 saturated carbocycles. The maximum Gasteiger partial charge on any atom is 0.190 e. The fourth-order valence-electron chi connectivity index (χ4n) is 2.62. The van der Waals surface area contributed by atoms with E-state index in [-0.39, 0.29) is 24.0 Å². The third-order valence-electron chi connectivity index (χ3n) is 3.87. The second-order valence-corrected chi connectivity index (χ2v) is 6.53. The van der Waals surface area contributed by atoms with Gasteiger partial charge in [0.1, 0.15) is 0 Å². The summed E-state index contributed by atoms with van der Waals surface area (Å²) in [5, 5.41) is 6.83. The number of piperidine rings is 1. The molecule has 1 rings (SSSR count). The predicted octanol–water partition coefficient (Wildman–Crippen LogP) is 2.94. The third kappa shape index (κ3) is 10.3. The van der Waals surface area contributed by atoms with Crippen molar-refractivity contribution in [2.45, 2.75) is 46.5 Å². The summed E-state index contributed by atoms with van der Waals surface area (Å²) in [6.07, 6.45) is 5.34. The fourth-order valence-corrected chi connectivity index (χ4v) is 2.62. The Kier molecular flexibility index (Phi) is 12.5. The minimum Gasteiger partial charge on any atom is -0.356 e. The van der Waals surface area contributed by atoms with Gasteiger partial charge in [-0.3, -0.25) is 4.99 Å². The Morgan fingerprint density at radius 2 is 1.76 bits per heavy atom. The Labute approximate surface area is 148 Å². The summed E-state index contributed by atoms with van der Waals surface area (Å²) < 4.78 is 0. The van der Waals surface area contributed by atoms with Gasteiger partial charge in [-0.15, -0.1) is 24.0 Å². The predicted molar refractivity (Wildman–Crippen MR) is 104 cm³/mol. The van der Waals surface area contributed by atoms with Crippen LogP contribution in [-0.2, 0) is 0 Å². The average molecular weight is 410 g/mol. The molecular weight excluding hydrogens is 375 g/mol. The molecule has 21 heavy (non-hydrogen) atoms. The molecule has 1 saturated heterocycles. The number of hydrogen-bond acceptors (Lipinski definition) is 2. The summed E-state index contributed by atoms with van der Waals surface area (Å²) in [5.41, 5.74) is 0. The van der Waals surface area contributed by atoms with Crippen molar-refractivity contribution in [2.75, 3.05) is 39.8 Å². The lowest BCUT2D eigenvalue weighted by atomic mass is 10.1. The van der Waals surface area contributed by atoms with Crippen LogP contribution in [0.3, 0.4) is 0 Å². The van der Waals surface area contributed by atoms with Crippen molar-refractivity contribution in [3.8, 4) is 0 Å². The topological polar surface area (TPSA) is 39.7 Å². The summed E-state index contributed by atoms with van der Waals surface area (Å²) in [5.74, 6) is 2.34. The van der Waals surface area contributed by atoms with Crippen LogP contribution >= 0.6 is 24.0 Å². The average Bonchev–Trinajstić information content (AvgIpc) is 2.43. The Bertz CT molecular complexity index is 275. The largest absolute Gasteiger partial charge is 0.356 e. The first-order valence-electron chi connectivity index (χ1n) is 8.28. The number of likely N-dealkylation sites (tertiary alicyclic amines) is 1. The van der Waals surface area contributed by atoms with Crippen LogP contribution in [0.2, 0.25) is 0 Å². The maximum atomic E-state index is 4.28. The smallest absolute Gasteiger partial charge is 0.190 e. The van der Waals surface area contributed by atoms with Crippen LogP contribution in [0.4, 0.5) is 0 Å². The highest BCUT2D eigenvalue weighted by Crippen LogP contribution is 2.10. The van der Waals surface area contributed by atoms with E-state index in [1.165, 1.54) is 45.3 Å². The second kappa shape index (κ2) is 12.5. The van der Waals surface area contributed by atoms with Crippen molar-refractivity contribution in [1.29, 1.82) is 0 Å². The normalized spacial score (nSPS) is 18.2. The van der Waals surface area contributed by atoms with Crippen LogP contribution in [0.5, 0.6) is 0 Å². The molecular formula is C16H35IN4. The minimum absolute atomic E-state index is 0. The van der Waals surface area contributed by atoms with Crippen molar-refractivity contribution < 1.29 is 0 Å². The summed E-state index contributed by atoms with van der Waals surface area (Å²) in [4.78, 5) is 6.89. The summed E-state index contributed by atoms with van der Waals surface area (Å²) >= 11 is 0. The summed E-state index contributed by atoms with van der Waals surface area (Å²) in [6.45, 7) is 12.6. The van der Waals surface area contributed by atoms with Gasteiger partial charge in [0, 0.05) is 26.7 Å². The van der Waals surface area contributed by atoms with Gasteiger partial charge in [-0.1, -0.05) is 27.2 Å². The SMILES string of the molecule is CN=C(NCCC(C)C)NCC(C)CN1CCCCC1.I. The van der Waals surface area contributed by atoms with Gasteiger partial charge >= 0.3 is 0 Å². The highest BCUT2D eigenvalue weighted by molar-refractivity contribution is 14.0. The van der Waals surface area contributed by atoms with Crippen LogP contribution in [-0.4, -0.2) is 50.6 Å². The monoisotopic (exact) mass is 410 g/mol. The van der Waals surface area contributed by atoms with E-state index in [2.05, 4.69) is 41.3 Å². The van der Waals surface area contributed by atoms with E-state index in [4.69, 9.17) is 0 Å². The highest BCUT2D eigenvalue weighted by Gasteiger charge is 2.13. The summed E-state index contributed by atoms with van der Waals surface area (Å²) in [6, 6.07) is 0. The van der Waals surface area contributed by atoms with Crippen LogP contribution in [0.25, 0.3) is 0 Å². The van der Waals surface area contributed by atoms with Crippen molar-refractivity contribution >= 4 is 29.9 Å². The summed E-state index contributed by atoms with van der Waals surface area (Å²) in [7, 11) is 1.85. The Hall–Kier alpha value is -0.0400. The fraction of sp³-hybridized carbons (Fsp3) is 0.938. The van der Waals surface area contributed by atoms with Crippen LogP contribution in [0.15, 0.2) is 4.99 Å². The molecule has 4 nitrogen and oxygen atoms in total. The lowest BCUT2D eigenvalue weighted by Gasteiger charge is -2.29. The highest BCUT2D eigenvalue weighted by atomic mass is 127. The van der Waals surface area contributed by atoms with Gasteiger partial charge in [0.25, 0.3) is 0 Å². The number of nitrogens with zero attached hydrogens (tertiary/aromatic N) is 2. The number of rotatable bonds is 7. The van der Waals surface area contributed by atoms with E-state index in [0.717, 1.165) is 25.0 Å². The van der Waals surface area contributed by atoms with E-state index in [0.29, 0.717) is 5.92 Å². The van der Waals surface area contributed by atoms with Crippen molar-refractivity contribution in [3.05, 3.63) is 0 Å². The quantitative estimate of drug-likeness (QED) is 0.385. The van der Waals surface area contributed by atoms with Crippen LogP contribution in [0, 0.1) is 11.8 Å². The third-order valence-corrected chi connectivity index (χ3v) is 3.87. The molecule has 0 aromatic carbocycles. The van der Waals surface area contributed by atoms with Gasteiger partial charge in [-0.05, 0) is 44.2 Å². The first-order chi connectivity index (χ1) is 9.61. The molecule has 1 aliphatic heterocycles. The van der Waals surface area contributed by atoms with E-state index in [9.17, 15) is 0 Å². The lowest BCUT2D eigenvalue weighted by molar-refractivity contribution is 0.201. The van der Waals surface area contributed by atoms with E-state index < -0.39 is 0 Å². The molecule has 1 heterocycles. The molecule has 0 aromatic rings. The van der Waals surface area contributed by atoms with Gasteiger partial charge in [0.05, 0.1) is 0 Å². The first kappa shape index (κ1) is 21.0. The van der Waals surface area contributed by atoms with Gasteiger partial charge < -0.3 is 15.5 Å². The molecule has 126 valence electrons. The molecule has 0 aliphatic carbocycles. The van der Waals surface area contributed by atoms with Gasteiger partial charge in [0.15, 0.2) is 5.96 Å². The molecule has 1 unspecified atom stereocenters. The van der Waals surface area contributed by atoms with Crippen LogP contribution < -0.4 is 10.6 Å². The Morgan fingerprint density at radius 1 is 1.10 bits per heavy atom. The van der Waals surface area contributed by atoms with Crippen molar-refractivity contribution in [2.24, 2.45) is 16.8 Å². The van der Waals surface area contributed by atoms with Gasteiger partial charge in [-0.25, -0.2) is 0 Å². The molecule has 0 amide bonds. The molecule has 0 spiro atoms. The minimum atomic E-state index is 0. The number of guanidine groups is 1. The zero-order valence-corrected chi connectivity index (χ0v) is 16.7. The molecule has 2 N–H and O–H groups in total. The van der Waals surface area contributed by atoms with Gasteiger partial charge in [-0.2, -0.15) is 0 Å². The van der Waals surface area contributed by atoms with E-state index >= 15 is 0 Å². The van der Waals surface area contributed by atoms with Gasteiger partial charge in [0.2, 0.25) is 0 Å². The zero-order valence-electron chi connectivity index (χ0n) is 14.3. The first-order valence-corrected chi connectivity index (χ1v) is 8.28. The Balaban J connectivity index is 0.00000400. The molecule has 0 aromatic heterocycles. The molecule has 1 aliphatic rings. The van der Waals surface area contributed by atoms with Crippen molar-refractivity contribution in [3.63, 3.8) is 0 Å². The number of nitrogens with one attached hydrogen (secondary N) is 2. The molecule has 1 atom stereocenters. The number of halogens is 1.